The summed E-state index contributed by atoms with van der Waals surface area (Å²) in [5, 5.41) is 6.37. The fraction of sp³-hybridized carbons (Fsp3) is 0.278. The topological polar surface area (TPSA) is 59.6 Å². The average Bonchev–Trinajstić information content (AvgIpc) is 2.61. The number of rotatable bonds is 8. The van der Waals surface area contributed by atoms with E-state index in [1.165, 1.54) is 12.7 Å². The summed E-state index contributed by atoms with van der Waals surface area (Å²) in [6.07, 6.45) is 0.796. The molecule has 0 radical (unpaired) electrons. The molecule has 24 heavy (non-hydrogen) atoms. The number of benzene rings is 2. The summed E-state index contributed by atoms with van der Waals surface area (Å²) in [6, 6.07) is 13.4. The molecule has 0 heterocycles. The minimum Gasteiger partial charge on any atom is -0.495 e. The molecule has 2 aromatic carbocycles. The van der Waals surface area contributed by atoms with E-state index in [0.717, 1.165) is 6.42 Å². The van der Waals surface area contributed by atoms with Crippen LogP contribution in [0.4, 0.5) is 5.69 Å². The second-order valence-electron chi connectivity index (χ2n) is 5.13. The van der Waals surface area contributed by atoms with Crippen molar-refractivity contribution in [2.75, 3.05) is 32.6 Å². The number of halogens is 1. The smallest absolute Gasteiger partial charge is 0.239 e. The molecule has 0 bridgehead atoms. The lowest BCUT2D eigenvalue weighted by molar-refractivity contribution is -0.119. The summed E-state index contributed by atoms with van der Waals surface area (Å²) < 4.78 is 10.4. The number of amides is 1. The van der Waals surface area contributed by atoms with Gasteiger partial charge in [0.2, 0.25) is 5.91 Å². The highest BCUT2D eigenvalue weighted by Crippen LogP contribution is 2.35. The van der Waals surface area contributed by atoms with Crippen LogP contribution in [0.3, 0.4) is 0 Å². The van der Waals surface area contributed by atoms with Gasteiger partial charge in [0.25, 0.3) is 0 Å². The Kier molecular flexibility index (Phi) is 6.75. The predicted molar refractivity (Wildman–Crippen MR) is 96.2 cm³/mol. The Hall–Kier alpha value is -2.40. The Balaban J connectivity index is 1.85. The molecule has 0 aliphatic carbocycles. The summed E-state index contributed by atoms with van der Waals surface area (Å²) in [5.74, 6) is 0.976. The maximum Gasteiger partial charge on any atom is 0.239 e. The minimum atomic E-state index is -0.0955. The summed E-state index contributed by atoms with van der Waals surface area (Å²) >= 11 is 6.06. The third-order valence-corrected chi connectivity index (χ3v) is 3.79. The third-order valence-electron chi connectivity index (χ3n) is 3.49. The van der Waals surface area contributed by atoms with Crippen molar-refractivity contribution in [1.29, 1.82) is 0 Å². The highest BCUT2D eigenvalue weighted by molar-refractivity contribution is 6.32. The van der Waals surface area contributed by atoms with Gasteiger partial charge in [-0.15, -0.1) is 0 Å². The molecular weight excluding hydrogens is 328 g/mol. The Morgan fingerprint density at radius 1 is 1.08 bits per heavy atom. The molecule has 0 saturated carbocycles. The summed E-state index contributed by atoms with van der Waals surface area (Å²) in [7, 11) is 3.08. The predicted octanol–water partition coefficient (Wildman–Crippen LogP) is 3.13. The van der Waals surface area contributed by atoms with Gasteiger partial charge in [-0.05, 0) is 12.0 Å². The lowest BCUT2D eigenvalue weighted by Crippen LogP contribution is -2.31. The number of methoxy groups -OCH3 is 2. The second kappa shape index (κ2) is 9.03. The molecule has 0 aromatic heterocycles. The van der Waals surface area contributed by atoms with Crippen LogP contribution in [0.1, 0.15) is 5.56 Å². The summed E-state index contributed by atoms with van der Waals surface area (Å²) in [6.45, 7) is 0.724. The van der Waals surface area contributed by atoms with Crippen molar-refractivity contribution in [1.82, 2.24) is 5.32 Å². The molecule has 5 nitrogen and oxygen atoms in total. The number of carbonyl (C=O) groups is 1. The van der Waals surface area contributed by atoms with Crippen molar-refractivity contribution in [3.8, 4) is 11.5 Å². The normalized spacial score (nSPS) is 10.1. The Bertz CT molecular complexity index is 677. The zero-order valence-corrected chi connectivity index (χ0v) is 14.5. The fourth-order valence-electron chi connectivity index (χ4n) is 2.23. The molecule has 2 N–H and O–H groups in total. The van der Waals surface area contributed by atoms with Gasteiger partial charge in [0.15, 0.2) is 0 Å². The van der Waals surface area contributed by atoms with Crippen LogP contribution in [0, 0.1) is 0 Å². The van der Waals surface area contributed by atoms with Crippen molar-refractivity contribution in [2.45, 2.75) is 6.42 Å². The van der Waals surface area contributed by atoms with Crippen molar-refractivity contribution in [2.24, 2.45) is 0 Å². The fourth-order valence-corrected chi connectivity index (χ4v) is 2.46. The van der Waals surface area contributed by atoms with E-state index in [1.54, 1.807) is 19.2 Å². The van der Waals surface area contributed by atoms with Crippen LogP contribution in [0.5, 0.6) is 11.5 Å². The molecule has 128 valence electrons. The molecule has 0 aliphatic rings. The average molecular weight is 349 g/mol. The molecule has 0 fully saturated rings. The van der Waals surface area contributed by atoms with E-state index in [9.17, 15) is 4.79 Å². The first-order chi connectivity index (χ1) is 11.6. The van der Waals surface area contributed by atoms with Crippen LogP contribution in [0.25, 0.3) is 0 Å². The van der Waals surface area contributed by atoms with E-state index in [0.29, 0.717) is 28.8 Å². The van der Waals surface area contributed by atoms with Gasteiger partial charge >= 0.3 is 0 Å². The summed E-state index contributed by atoms with van der Waals surface area (Å²) in [5.41, 5.74) is 1.84. The maximum atomic E-state index is 12.0. The number of ether oxygens (including phenoxy) is 2. The number of carbonyl (C=O) groups excluding carboxylic acids is 1. The molecule has 0 aliphatic heterocycles. The van der Waals surface area contributed by atoms with Crippen LogP contribution in [-0.4, -0.2) is 33.2 Å². The van der Waals surface area contributed by atoms with Crippen molar-refractivity contribution in [3.05, 3.63) is 53.1 Å². The van der Waals surface area contributed by atoms with Crippen molar-refractivity contribution in [3.63, 3.8) is 0 Å². The zero-order chi connectivity index (χ0) is 17.4. The first-order valence-corrected chi connectivity index (χ1v) is 7.98. The van der Waals surface area contributed by atoms with Crippen LogP contribution in [-0.2, 0) is 11.2 Å². The quantitative estimate of drug-likeness (QED) is 0.769. The maximum absolute atomic E-state index is 12.0. The van der Waals surface area contributed by atoms with E-state index in [2.05, 4.69) is 10.6 Å². The molecule has 0 saturated heterocycles. The lowest BCUT2D eigenvalue weighted by Gasteiger charge is -2.14. The Morgan fingerprint density at radius 2 is 1.79 bits per heavy atom. The minimum absolute atomic E-state index is 0.0955. The number of hydrogen-bond acceptors (Lipinski definition) is 4. The summed E-state index contributed by atoms with van der Waals surface area (Å²) in [4.78, 5) is 12.0. The molecule has 0 spiro atoms. The van der Waals surface area contributed by atoms with E-state index in [-0.39, 0.29) is 12.5 Å². The van der Waals surface area contributed by atoms with E-state index in [4.69, 9.17) is 21.1 Å². The van der Waals surface area contributed by atoms with E-state index >= 15 is 0 Å². The van der Waals surface area contributed by atoms with Gasteiger partial charge in [-0.1, -0.05) is 41.9 Å². The lowest BCUT2D eigenvalue weighted by atomic mass is 10.1. The number of hydrogen-bond donors (Lipinski definition) is 2. The van der Waals surface area contributed by atoms with Gasteiger partial charge in [0.1, 0.15) is 11.5 Å². The van der Waals surface area contributed by atoms with Crippen LogP contribution in [0.15, 0.2) is 42.5 Å². The van der Waals surface area contributed by atoms with Gasteiger partial charge in [0.05, 0.1) is 31.5 Å². The van der Waals surface area contributed by atoms with Gasteiger partial charge in [0, 0.05) is 18.7 Å². The standard InChI is InChI=1S/C18H21ClN2O3/c1-23-16-11-15(17(24-2)10-14(16)19)21-12-18(22)20-9-8-13-6-4-3-5-7-13/h3-7,10-11,21H,8-9,12H2,1-2H3,(H,20,22). The van der Waals surface area contributed by atoms with Crippen LogP contribution >= 0.6 is 11.6 Å². The van der Waals surface area contributed by atoms with Gasteiger partial charge in [-0.2, -0.15) is 0 Å². The monoisotopic (exact) mass is 348 g/mol. The molecule has 6 heteroatoms. The molecule has 1 amide bonds. The first-order valence-electron chi connectivity index (χ1n) is 7.60. The van der Waals surface area contributed by atoms with Crippen LogP contribution in [0.2, 0.25) is 5.02 Å². The SMILES string of the molecule is COc1cc(NCC(=O)NCCc2ccccc2)c(OC)cc1Cl. The number of anilines is 1. The second-order valence-corrected chi connectivity index (χ2v) is 5.53. The van der Waals surface area contributed by atoms with Crippen molar-refractivity contribution >= 4 is 23.2 Å². The van der Waals surface area contributed by atoms with Crippen LogP contribution < -0.4 is 20.1 Å². The van der Waals surface area contributed by atoms with Crippen molar-refractivity contribution < 1.29 is 14.3 Å². The Labute approximate surface area is 146 Å². The highest BCUT2D eigenvalue weighted by atomic mass is 35.5. The van der Waals surface area contributed by atoms with E-state index in [1.807, 2.05) is 30.3 Å². The molecule has 0 unspecified atom stereocenters. The molecule has 0 atom stereocenters. The van der Waals surface area contributed by atoms with Gasteiger partial charge in [-0.3, -0.25) is 4.79 Å². The van der Waals surface area contributed by atoms with E-state index < -0.39 is 0 Å². The zero-order valence-electron chi connectivity index (χ0n) is 13.8. The third kappa shape index (κ3) is 5.06. The Morgan fingerprint density at radius 3 is 2.46 bits per heavy atom. The molecule has 2 rings (SSSR count). The number of nitrogens with one attached hydrogen (secondary N) is 2. The molecular formula is C18H21ClN2O3. The van der Waals surface area contributed by atoms with Gasteiger partial charge in [-0.25, -0.2) is 0 Å². The largest absolute Gasteiger partial charge is 0.495 e. The first kappa shape index (κ1) is 17.9. The highest BCUT2D eigenvalue weighted by Gasteiger charge is 2.11. The van der Waals surface area contributed by atoms with Gasteiger partial charge < -0.3 is 20.1 Å². The molecule has 2 aromatic rings.